The van der Waals surface area contributed by atoms with Crippen molar-refractivity contribution in [2.24, 2.45) is 5.92 Å². The second kappa shape index (κ2) is 8.47. The zero-order chi connectivity index (χ0) is 15.5. The highest BCUT2D eigenvalue weighted by molar-refractivity contribution is 7.89. The maximum Gasteiger partial charge on any atom is 0.310 e. The number of rotatable bonds is 4. The first-order chi connectivity index (χ1) is 9.98. The van der Waals surface area contributed by atoms with E-state index >= 15 is 0 Å². The van der Waals surface area contributed by atoms with E-state index in [9.17, 15) is 13.2 Å². The third-order valence-corrected chi connectivity index (χ3v) is 7.24. The van der Waals surface area contributed by atoms with Gasteiger partial charge in [0.25, 0.3) is 0 Å². The molecule has 22 heavy (non-hydrogen) atoms. The quantitative estimate of drug-likeness (QED) is 0.766. The largest absolute Gasteiger partial charge is 0.469 e. The number of methoxy groups -OCH3 is 1. The van der Waals surface area contributed by atoms with Crippen LogP contribution in [-0.4, -0.2) is 57.2 Å². The van der Waals surface area contributed by atoms with Gasteiger partial charge in [-0.05, 0) is 38.8 Å². The molecule has 8 heteroatoms. The van der Waals surface area contributed by atoms with Crippen LogP contribution in [0.2, 0.25) is 0 Å². The fourth-order valence-corrected chi connectivity index (χ4v) is 5.65. The van der Waals surface area contributed by atoms with Crippen LogP contribution in [0.3, 0.4) is 0 Å². The summed E-state index contributed by atoms with van der Waals surface area (Å²) in [5.41, 5.74) is 0. The van der Waals surface area contributed by atoms with E-state index in [-0.39, 0.29) is 24.4 Å². The molecule has 2 unspecified atom stereocenters. The zero-order valence-electron chi connectivity index (χ0n) is 13.3. The van der Waals surface area contributed by atoms with Gasteiger partial charge in [0.2, 0.25) is 10.0 Å². The molecule has 1 saturated carbocycles. The van der Waals surface area contributed by atoms with E-state index in [2.05, 4.69) is 5.32 Å². The van der Waals surface area contributed by atoms with E-state index in [4.69, 9.17) is 4.74 Å². The lowest BCUT2D eigenvalue weighted by Crippen LogP contribution is -2.50. The number of nitrogens with zero attached hydrogens (tertiary/aromatic N) is 1. The molecule has 1 heterocycles. The van der Waals surface area contributed by atoms with Crippen molar-refractivity contribution in [3.8, 4) is 0 Å². The molecular weight excluding hydrogens is 328 g/mol. The number of esters is 1. The van der Waals surface area contributed by atoms with E-state index in [1.807, 2.05) is 0 Å². The van der Waals surface area contributed by atoms with Crippen molar-refractivity contribution in [3.63, 3.8) is 0 Å². The first-order valence-corrected chi connectivity index (χ1v) is 9.24. The molecule has 2 aliphatic rings. The normalized spacial score (nSPS) is 27.2. The molecule has 0 amide bonds. The third-order valence-electron chi connectivity index (χ3n) is 4.81. The van der Waals surface area contributed by atoms with E-state index in [0.29, 0.717) is 12.8 Å². The molecule has 1 aliphatic carbocycles. The van der Waals surface area contributed by atoms with Crippen molar-refractivity contribution in [2.45, 2.75) is 49.8 Å². The number of halogens is 1. The molecule has 2 rings (SSSR count). The van der Waals surface area contributed by atoms with E-state index in [0.717, 1.165) is 38.8 Å². The number of hydrogen-bond donors (Lipinski definition) is 1. The van der Waals surface area contributed by atoms with Crippen molar-refractivity contribution < 1.29 is 17.9 Å². The molecule has 2 atom stereocenters. The first kappa shape index (κ1) is 19.7. The minimum absolute atomic E-state index is 0. The van der Waals surface area contributed by atoms with Crippen LogP contribution >= 0.6 is 12.4 Å². The van der Waals surface area contributed by atoms with E-state index < -0.39 is 21.2 Å². The van der Waals surface area contributed by atoms with Crippen LogP contribution in [0, 0.1) is 5.92 Å². The molecule has 0 spiro atoms. The fourth-order valence-electron chi connectivity index (χ4n) is 3.47. The number of ether oxygens (including phenoxy) is 1. The minimum Gasteiger partial charge on any atom is -0.469 e. The average Bonchev–Trinajstić information content (AvgIpc) is 2.54. The summed E-state index contributed by atoms with van der Waals surface area (Å²) in [6, 6.07) is 0.0384. The molecule has 130 valence electrons. The Hall–Kier alpha value is -0.370. The Morgan fingerprint density at radius 1 is 1.14 bits per heavy atom. The molecule has 0 aromatic carbocycles. The van der Waals surface area contributed by atoms with Crippen LogP contribution in [0.1, 0.15) is 38.5 Å². The molecule has 6 nitrogen and oxygen atoms in total. The number of sulfonamides is 1. The van der Waals surface area contributed by atoms with Crippen LogP contribution < -0.4 is 5.32 Å². The lowest BCUT2D eigenvalue weighted by atomic mass is 9.89. The van der Waals surface area contributed by atoms with Crippen molar-refractivity contribution >= 4 is 28.4 Å². The van der Waals surface area contributed by atoms with Gasteiger partial charge >= 0.3 is 5.97 Å². The van der Waals surface area contributed by atoms with Gasteiger partial charge < -0.3 is 10.1 Å². The SMILES string of the molecule is COC(=O)C1CCCCC1S(=O)(=O)N(C)C1CCNCC1.Cl. The summed E-state index contributed by atoms with van der Waals surface area (Å²) in [6.45, 7) is 1.69. The summed E-state index contributed by atoms with van der Waals surface area (Å²) in [5.74, 6) is -0.903. The summed E-state index contributed by atoms with van der Waals surface area (Å²) in [5, 5.41) is 2.61. The average molecular weight is 355 g/mol. The van der Waals surface area contributed by atoms with Gasteiger partial charge in [-0.15, -0.1) is 12.4 Å². The lowest BCUT2D eigenvalue weighted by Gasteiger charge is -2.37. The van der Waals surface area contributed by atoms with Gasteiger partial charge in [-0.3, -0.25) is 4.79 Å². The van der Waals surface area contributed by atoms with Crippen molar-refractivity contribution in [3.05, 3.63) is 0 Å². The predicted octanol–water partition coefficient (Wildman–Crippen LogP) is 1.15. The van der Waals surface area contributed by atoms with Crippen molar-refractivity contribution in [2.75, 3.05) is 27.2 Å². The number of piperidine rings is 1. The Morgan fingerprint density at radius 3 is 2.32 bits per heavy atom. The first-order valence-electron chi connectivity index (χ1n) is 7.74. The molecule has 0 radical (unpaired) electrons. The molecule has 0 aromatic rings. The molecule has 2 fully saturated rings. The number of nitrogens with one attached hydrogen (secondary N) is 1. The maximum absolute atomic E-state index is 12.9. The van der Waals surface area contributed by atoms with Crippen LogP contribution in [0.25, 0.3) is 0 Å². The summed E-state index contributed by atoms with van der Waals surface area (Å²) in [7, 11) is -0.470. The molecular formula is C14H27ClN2O4S. The van der Waals surface area contributed by atoms with E-state index in [1.165, 1.54) is 11.4 Å². The maximum atomic E-state index is 12.9. The predicted molar refractivity (Wildman–Crippen MR) is 87.6 cm³/mol. The van der Waals surface area contributed by atoms with Gasteiger partial charge in [0.05, 0.1) is 18.3 Å². The highest BCUT2D eigenvalue weighted by atomic mass is 35.5. The zero-order valence-corrected chi connectivity index (χ0v) is 14.9. The topological polar surface area (TPSA) is 75.7 Å². The summed E-state index contributed by atoms with van der Waals surface area (Å²) in [4.78, 5) is 11.9. The van der Waals surface area contributed by atoms with Crippen molar-refractivity contribution in [1.82, 2.24) is 9.62 Å². The smallest absolute Gasteiger partial charge is 0.310 e. The third kappa shape index (κ3) is 4.13. The van der Waals surface area contributed by atoms with Crippen LogP contribution in [0.5, 0.6) is 0 Å². The monoisotopic (exact) mass is 354 g/mol. The Balaban J connectivity index is 0.00000242. The molecule has 0 aromatic heterocycles. The molecule has 0 bridgehead atoms. The van der Waals surface area contributed by atoms with Crippen molar-refractivity contribution in [1.29, 1.82) is 0 Å². The Labute approximate surface area is 139 Å². The van der Waals surface area contributed by atoms with Gasteiger partial charge in [-0.1, -0.05) is 12.8 Å². The van der Waals surface area contributed by atoms with Gasteiger partial charge in [0.1, 0.15) is 0 Å². The van der Waals surface area contributed by atoms with E-state index in [1.54, 1.807) is 7.05 Å². The van der Waals surface area contributed by atoms with Gasteiger partial charge in [0.15, 0.2) is 0 Å². The van der Waals surface area contributed by atoms with Gasteiger partial charge in [-0.25, -0.2) is 12.7 Å². The second-order valence-corrected chi connectivity index (χ2v) is 8.21. The Kier molecular flexibility index (Phi) is 7.58. The summed E-state index contributed by atoms with van der Waals surface area (Å²) in [6.07, 6.45) is 4.56. The minimum atomic E-state index is -3.46. The van der Waals surface area contributed by atoms with Crippen LogP contribution in [0.4, 0.5) is 0 Å². The lowest BCUT2D eigenvalue weighted by molar-refractivity contribution is -0.146. The number of hydrogen-bond acceptors (Lipinski definition) is 5. The molecule has 1 saturated heterocycles. The summed E-state index contributed by atoms with van der Waals surface area (Å²) >= 11 is 0. The highest BCUT2D eigenvalue weighted by Gasteiger charge is 2.43. The highest BCUT2D eigenvalue weighted by Crippen LogP contribution is 2.33. The van der Waals surface area contributed by atoms with Crippen LogP contribution in [-0.2, 0) is 19.6 Å². The Morgan fingerprint density at radius 2 is 1.73 bits per heavy atom. The van der Waals surface area contributed by atoms with Gasteiger partial charge in [0, 0.05) is 13.1 Å². The fraction of sp³-hybridized carbons (Fsp3) is 0.929. The molecule has 1 N–H and O–H groups in total. The van der Waals surface area contributed by atoms with Gasteiger partial charge in [-0.2, -0.15) is 0 Å². The van der Waals surface area contributed by atoms with Crippen LogP contribution in [0.15, 0.2) is 0 Å². The molecule has 1 aliphatic heterocycles. The standard InChI is InChI=1S/C14H26N2O4S.ClH/c1-16(11-7-9-15-10-8-11)21(18,19)13-6-4-3-5-12(13)14(17)20-2;/h11-13,15H,3-10H2,1-2H3;1H. The second-order valence-electron chi connectivity index (χ2n) is 5.99. The Bertz CT molecular complexity index is 465. The number of carbonyl (C=O) groups excluding carboxylic acids is 1. The number of carbonyl (C=O) groups is 1. The summed E-state index contributed by atoms with van der Waals surface area (Å²) < 4.78 is 32.1.